The number of amides is 2. The molecule has 0 bridgehead atoms. The van der Waals surface area contributed by atoms with Crippen molar-refractivity contribution in [2.75, 3.05) is 39.4 Å². The van der Waals surface area contributed by atoms with Crippen LogP contribution in [0.3, 0.4) is 0 Å². The van der Waals surface area contributed by atoms with Gasteiger partial charge in [0.25, 0.3) is 0 Å². The molecule has 0 aromatic rings. The number of hydrogen-bond donors (Lipinski definition) is 0. The van der Waals surface area contributed by atoms with Crippen LogP contribution in [0.15, 0.2) is 0 Å². The molecule has 2 rings (SSSR count). The summed E-state index contributed by atoms with van der Waals surface area (Å²) in [4.78, 5) is 26.3. The third-order valence-electron chi connectivity index (χ3n) is 3.35. The summed E-state index contributed by atoms with van der Waals surface area (Å²) in [5.74, 6) is 0. The zero-order valence-electron chi connectivity index (χ0n) is 11.7. The molecule has 2 saturated heterocycles. The van der Waals surface area contributed by atoms with E-state index in [4.69, 9.17) is 9.47 Å². The molecule has 0 saturated carbocycles. The van der Waals surface area contributed by atoms with Gasteiger partial charge in [0.05, 0.1) is 0 Å². The lowest BCUT2D eigenvalue weighted by atomic mass is 9.87. The van der Waals surface area contributed by atoms with Crippen molar-refractivity contribution in [2.45, 2.75) is 26.7 Å². The van der Waals surface area contributed by atoms with Crippen LogP contribution >= 0.6 is 0 Å². The molecular weight excluding hydrogens is 248 g/mol. The van der Waals surface area contributed by atoms with Gasteiger partial charge in [0.2, 0.25) is 0 Å². The van der Waals surface area contributed by atoms with Crippen molar-refractivity contribution >= 4 is 12.2 Å². The fourth-order valence-corrected chi connectivity index (χ4v) is 1.91. The second-order valence-electron chi connectivity index (χ2n) is 5.64. The first-order chi connectivity index (χ1) is 9.04. The maximum Gasteiger partial charge on any atom is 0.409 e. The van der Waals surface area contributed by atoms with Crippen LogP contribution in [0.5, 0.6) is 0 Å². The molecule has 0 atom stereocenters. The van der Waals surface area contributed by atoms with E-state index in [9.17, 15) is 9.59 Å². The molecule has 0 aromatic carbocycles. The lowest BCUT2D eigenvalue weighted by molar-refractivity contribution is 0.0230. The first kappa shape index (κ1) is 14.0. The molecular formula is C13H22N2O4. The van der Waals surface area contributed by atoms with Crippen molar-refractivity contribution in [1.29, 1.82) is 0 Å². The standard InChI is InChI=1S/C13H22N2O4/c1-3-4-13(2,9-18-11(16)14-5-6-14)10-19-12(17)15-7-8-15/h3-10H2,1-2H3. The van der Waals surface area contributed by atoms with Crippen molar-refractivity contribution in [3.05, 3.63) is 0 Å². The van der Waals surface area contributed by atoms with E-state index in [2.05, 4.69) is 6.92 Å². The summed E-state index contributed by atoms with van der Waals surface area (Å²) in [6.07, 6.45) is 1.28. The Balaban J connectivity index is 1.76. The van der Waals surface area contributed by atoms with Gasteiger partial charge in [-0.25, -0.2) is 9.59 Å². The van der Waals surface area contributed by atoms with Gasteiger partial charge in [-0.15, -0.1) is 0 Å². The van der Waals surface area contributed by atoms with E-state index in [0.717, 1.165) is 39.0 Å². The van der Waals surface area contributed by atoms with Crippen molar-refractivity contribution in [1.82, 2.24) is 9.80 Å². The quantitative estimate of drug-likeness (QED) is 0.689. The Morgan fingerprint density at radius 1 is 1.00 bits per heavy atom. The van der Waals surface area contributed by atoms with E-state index in [1.165, 1.54) is 0 Å². The largest absolute Gasteiger partial charge is 0.449 e. The lowest BCUT2D eigenvalue weighted by Crippen LogP contribution is -2.33. The SMILES string of the molecule is CCCC(C)(COC(=O)N1CC1)COC(=O)N1CC1. The molecule has 2 aliphatic heterocycles. The van der Waals surface area contributed by atoms with Crippen molar-refractivity contribution in [3.63, 3.8) is 0 Å². The fraction of sp³-hybridized carbons (Fsp3) is 0.846. The van der Waals surface area contributed by atoms with Crippen LogP contribution in [-0.2, 0) is 9.47 Å². The third-order valence-corrected chi connectivity index (χ3v) is 3.35. The maximum atomic E-state index is 11.5. The van der Waals surface area contributed by atoms with Crippen LogP contribution in [-0.4, -0.2) is 61.4 Å². The van der Waals surface area contributed by atoms with E-state index in [1.54, 1.807) is 9.80 Å². The molecule has 0 radical (unpaired) electrons. The Morgan fingerprint density at radius 3 is 1.74 bits per heavy atom. The molecule has 0 unspecified atom stereocenters. The van der Waals surface area contributed by atoms with Gasteiger partial charge >= 0.3 is 12.2 Å². The first-order valence-electron chi connectivity index (χ1n) is 6.87. The van der Waals surface area contributed by atoms with Crippen LogP contribution in [0, 0.1) is 5.41 Å². The number of nitrogens with zero attached hydrogens (tertiary/aromatic N) is 2. The third kappa shape index (κ3) is 4.29. The summed E-state index contributed by atoms with van der Waals surface area (Å²) in [5, 5.41) is 0. The Morgan fingerprint density at radius 2 is 1.42 bits per heavy atom. The summed E-state index contributed by atoms with van der Waals surface area (Å²) in [7, 11) is 0. The minimum Gasteiger partial charge on any atom is -0.449 e. The highest BCUT2D eigenvalue weighted by Crippen LogP contribution is 2.26. The van der Waals surface area contributed by atoms with Crippen LogP contribution in [0.1, 0.15) is 26.7 Å². The fourth-order valence-electron chi connectivity index (χ4n) is 1.91. The number of hydrogen-bond acceptors (Lipinski definition) is 4. The van der Waals surface area contributed by atoms with Gasteiger partial charge < -0.3 is 19.3 Å². The predicted octanol–water partition coefficient (Wildman–Crippen LogP) is 1.70. The van der Waals surface area contributed by atoms with E-state index in [1.807, 2.05) is 6.92 Å². The van der Waals surface area contributed by atoms with Gasteiger partial charge in [-0.05, 0) is 6.42 Å². The highest BCUT2D eigenvalue weighted by Gasteiger charge is 2.33. The normalized spacial score (nSPS) is 17.2. The summed E-state index contributed by atoms with van der Waals surface area (Å²) in [6.45, 7) is 7.78. The molecule has 0 aliphatic carbocycles. The minimum absolute atomic E-state index is 0.264. The van der Waals surface area contributed by atoms with Gasteiger partial charge in [-0.2, -0.15) is 0 Å². The van der Waals surface area contributed by atoms with Gasteiger partial charge in [-0.3, -0.25) is 0 Å². The predicted molar refractivity (Wildman–Crippen MR) is 68.9 cm³/mol. The Bertz CT molecular complexity index is 323. The van der Waals surface area contributed by atoms with E-state index in [0.29, 0.717) is 13.2 Å². The highest BCUT2D eigenvalue weighted by molar-refractivity contribution is 5.70. The van der Waals surface area contributed by atoms with Gasteiger partial charge in [-0.1, -0.05) is 20.3 Å². The van der Waals surface area contributed by atoms with Crippen LogP contribution < -0.4 is 0 Å². The van der Waals surface area contributed by atoms with Crippen molar-refractivity contribution < 1.29 is 19.1 Å². The molecule has 2 aliphatic rings. The molecule has 6 heteroatoms. The summed E-state index contributed by atoms with van der Waals surface area (Å²) < 4.78 is 10.5. The molecule has 0 aromatic heterocycles. The molecule has 19 heavy (non-hydrogen) atoms. The van der Waals surface area contributed by atoms with E-state index < -0.39 is 0 Å². The second-order valence-corrected chi connectivity index (χ2v) is 5.64. The molecule has 2 fully saturated rings. The molecule has 2 amide bonds. The maximum absolute atomic E-state index is 11.5. The van der Waals surface area contributed by atoms with E-state index >= 15 is 0 Å². The average molecular weight is 270 g/mol. The molecule has 108 valence electrons. The number of rotatable bonds is 6. The Labute approximate surface area is 113 Å². The van der Waals surface area contributed by atoms with Crippen molar-refractivity contribution in [2.24, 2.45) is 5.41 Å². The summed E-state index contributed by atoms with van der Waals surface area (Å²) in [6, 6.07) is 0. The Kier molecular flexibility index (Phi) is 4.17. The molecule has 0 spiro atoms. The molecule has 2 heterocycles. The lowest BCUT2D eigenvalue weighted by Gasteiger charge is -2.28. The molecule has 0 N–H and O–H groups in total. The van der Waals surface area contributed by atoms with Crippen LogP contribution in [0.4, 0.5) is 9.59 Å². The number of carbonyl (C=O) groups excluding carboxylic acids is 2. The van der Waals surface area contributed by atoms with Gasteiger partial charge in [0, 0.05) is 31.6 Å². The highest BCUT2D eigenvalue weighted by atomic mass is 16.6. The van der Waals surface area contributed by atoms with Crippen LogP contribution in [0.2, 0.25) is 0 Å². The first-order valence-corrected chi connectivity index (χ1v) is 6.87. The van der Waals surface area contributed by atoms with Gasteiger partial charge in [0.15, 0.2) is 0 Å². The van der Waals surface area contributed by atoms with Gasteiger partial charge in [0.1, 0.15) is 13.2 Å². The summed E-state index contributed by atoms with van der Waals surface area (Å²) >= 11 is 0. The van der Waals surface area contributed by atoms with E-state index in [-0.39, 0.29) is 17.6 Å². The zero-order chi connectivity index (χ0) is 13.9. The second kappa shape index (κ2) is 5.67. The van der Waals surface area contributed by atoms with Crippen LogP contribution in [0.25, 0.3) is 0 Å². The topological polar surface area (TPSA) is 58.6 Å². The monoisotopic (exact) mass is 270 g/mol. The zero-order valence-corrected chi connectivity index (χ0v) is 11.7. The number of ether oxygens (including phenoxy) is 2. The smallest absolute Gasteiger partial charge is 0.409 e. The van der Waals surface area contributed by atoms with Crippen molar-refractivity contribution in [3.8, 4) is 0 Å². The minimum atomic E-state index is -0.300. The molecule has 6 nitrogen and oxygen atoms in total. The number of carbonyl (C=O) groups is 2. The average Bonchev–Trinajstić information content (AvgIpc) is 3.24. The Hall–Kier alpha value is -1.46. The summed E-state index contributed by atoms with van der Waals surface area (Å²) in [5.41, 5.74) is -0.300.